The highest BCUT2D eigenvalue weighted by Gasteiger charge is 2.26. The number of rotatable bonds is 6. The van der Waals surface area contributed by atoms with Crippen LogP contribution in [0.15, 0.2) is 24.5 Å². The number of nitrogens with zero attached hydrogens (tertiary/aromatic N) is 1. The summed E-state index contributed by atoms with van der Waals surface area (Å²) in [5.74, 6) is 0.267. The molecule has 1 aliphatic rings. The lowest BCUT2D eigenvalue weighted by Gasteiger charge is -2.28. The third-order valence-electron chi connectivity index (χ3n) is 3.73. The SMILES string of the molecule is CCCNN[C@H]1CC[C@@H](C(=O)Nc2ccncc2)CC1.Cl.Cl. The first-order valence-electron chi connectivity index (χ1n) is 7.49. The van der Waals surface area contributed by atoms with Crippen molar-refractivity contribution in [3.63, 3.8) is 0 Å². The lowest BCUT2D eigenvalue weighted by Crippen LogP contribution is -2.44. The van der Waals surface area contributed by atoms with E-state index in [4.69, 9.17) is 0 Å². The first-order chi connectivity index (χ1) is 9.79. The molecule has 3 N–H and O–H groups in total. The minimum absolute atomic E-state index is 0. The van der Waals surface area contributed by atoms with Gasteiger partial charge in [0.25, 0.3) is 0 Å². The van der Waals surface area contributed by atoms with Crippen LogP contribution in [0.2, 0.25) is 0 Å². The number of carbonyl (C=O) groups is 1. The highest BCUT2D eigenvalue weighted by molar-refractivity contribution is 5.92. The normalized spacial score (nSPS) is 20.4. The highest BCUT2D eigenvalue weighted by atomic mass is 35.5. The molecule has 1 aromatic heterocycles. The van der Waals surface area contributed by atoms with Crippen LogP contribution in [0.5, 0.6) is 0 Å². The maximum atomic E-state index is 12.2. The molecule has 1 aromatic rings. The van der Waals surface area contributed by atoms with Crippen molar-refractivity contribution in [1.29, 1.82) is 0 Å². The van der Waals surface area contributed by atoms with E-state index >= 15 is 0 Å². The summed E-state index contributed by atoms with van der Waals surface area (Å²) in [6, 6.07) is 4.13. The number of carbonyl (C=O) groups excluding carboxylic acids is 1. The van der Waals surface area contributed by atoms with Gasteiger partial charge in [0.2, 0.25) is 5.91 Å². The minimum atomic E-state index is 0. The van der Waals surface area contributed by atoms with Gasteiger partial charge in [0.1, 0.15) is 0 Å². The number of aromatic nitrogens is 1. The Morgan fingerprint density at radius 1 is 1.18 bits per heavy atom. The second-order valence-electron chi connectivity index (χ2n) is 5.34. The van der Waals surface area contributed by atoms with Crippen molar-refractivity contribution in [2.45, 2.75) is 45.1 Å². The van der Waals surface area contributed by atoms with E-state index in [1.165, 1.54) is 0 Å². The summed E-state index contributed by atoms with van der Waals surface area (Å²) in [6.07, 6.45) is 8.49. The maximum Gasteiger partial charge on any atom is 0.227 e. The van der Waals surface area contributed by atoms with Gasteiger partial charge in [-0.05, 0) is 44.2 Å². The lowest BCUT2D eigenvalue weighted by molar-refractivity contribution is -0.120. The van der Waals surface area contributed by atoms with Crippen LogP contribution in [0.4, 0.5) is 5.69 Å². The van der Waals surface area contributed by atoms with Crippen LogP contribution in [0.1, 0.15) is 39.0 Å². The van der Waals surface area contributed by atoms with Crippen LogP contribution in [-0.4, -0.2) is 23.5 Å². The molecule has 0 bridgehead atoms. The Morgan fingerprint density at radius 3 is 2.41 bits per heavy atom. The average molecular weight is 349 g/mol. The van der Waals surface area contributed by atoms with E-state index < -0.39 is 0 Å². The summed E-state index contributed by atoms with van der Waals surface area (Å²) in [5, 5.41) is 2.96. The lowest BCUT2D eigenvalue weighted by atomic mass is 9.85. The zero-order valence-electron chi connectivity index (χ0n) is 12.9. The number of hydrogen-bond donors (Lipinski definition) is 3. The van der Waals surface area contributed by atoms with Gasteiger partial charge in [-0.1, -0.05) is 6.92 Å². The Labute approximate surface area is 144 Å². The van der Waals surface area contributed by atoms with Gasteiger partial charge in [0, 0.05) is 36.6 Å². The molecule has 22 heavy (non-hydrogen) atoms. The predicted octanol–water partition coefficient (Wildman–Crippen LogP) is 2.93. The van der Waals surface area contributed by atoms with Crippen LogP contribution in [-0.2, 0) is 4.79 Å². The molecular weight excluding hydrogens is 323 g/mol. The fourth-order valence-corrected chi connectivity index (χ4v) is 2.52. The van der Waals surface area contributed by atoms with Crippen LogP contribution in [0.25, 0.3) is 0 Å². The smallest absolute Gasteiger partial charge is 0.227 e. The molecule has 126 valence electrons. The summed E-state index contributed by atoms with van der Waals surface area (Å²) >= 11 is 0. The molecule has 0 spiro atoms. The number of pyridine rings is 1. The van der Waals surface area contributed by atoms with Crippen LogP contribution in [0.3, 0.4) is 0 Å². The maximum absolute atomic E-state index is 12.2. The average Bonchev–Trinajstić information content (AvgIpc) is 2.49. The Kier molecular flexibility index (Phi) is 11.2. The number of amides is 1. The summed E-state index contributed by atoms with van der Waals surface area (Å²) in [5.41, 5.74) is 7.40. The largest absolute Gasteiger partial charge is 0.326 e. The molecule has 0 aliphatic heterocycles. The van der Waals surface area contributed by atoms with Crippen LogP contribution < -0.4 is 16.2 Å². The molecule has 0 atom stereocenters. The quantitative estimate of drug-likeness (QED) is 0.546. The molecule has 0 unspecified atom stereocenters. The van der Waals surface area contributed by atoms with Crippen molar-refractivity contribution in [3.05, 3.63) is 24.5 Å². The van der Waals surface area contributed by atoms with Gasteiger partial charge in [-0.3, -0.25) is 20.6 Å². The van der Waals surface area contributed by atoms with Gasteiger partial charge >= 0.3 is 0 Å². The second-order valence-corrected chi connectivity index (χ2v) is 5.34. The van der Waals surface area contributed by atoms with Gasteiger partial charge in [0.15, 0.2) is 0 Å². The molecular formula is C15H26Cl2N4O. The van der Waals surface area contributed by atoms with E-state index in [2.05, 4.69) is 28.1 Å². The van der Waals surface area contributed by atoms with E-state index in [0.717, 1.165) is 44.3 Å². The Morgan fingerprint density at radius 2 is 1.82 bits per heavy atom. The molecule has 0 aromatic carbocycles. The van der Waals surface area contributed by atoms with E-state index in [0.29, 0.717) is 6.04 Å². The molecule has 0 radical (unpaired) electrons. The number of halogens is 2. The predicted molar refractivity (Wildman–Crippen MR) is 94.5 cm³/mol. The monoisotopic (exact) mass is 348 g/mol. The number of nitrogens with one attached hydrogen (secondary N) is 3. The Bertz CT molecular complexity index is 411. The van der Waals surface area contributed by atoms with Crippen molar-refractivity contribution >= 4 is 36.4 Å². The van der Waals surface area contributed by atoms with Gasteiger partial charge in [0.05, 0.1) is 0 Å². The molecule has 1 saturated carbocycles. The topological polar surface area (TPSA) is 66.0 Å². The molecule has 1 fully saturated rings. The summed E-state index contributed by atoms with van der Waals surface area (Å²) in [4.78, 5) is 16.1. The molecule has 1 heterocycles. The van der Waals surface area contributed by atoms with Crippen molar-refractivity contribution in [1.82, 2.24) is 15.8 Å². The van der Waals surface area contributed by atoms with Crippen molar-refractivity contribution in [2.24, 2.45) is 5.92 Å². The Hall–Kier alpha value is -0.880. The van der Waals surface area contributed by atoms with E-state index in [-0.39, 0.29) is 36.6 Å². The first kappa shape index (κ1) is 21.1. The first-order valence-corrected chi connectivity index (χ1v) is 7.49. The standard InChI is InChI=1S/C15H24N4O.2ClH/c1-2-9-17-19-14-5-3-12(4-6-14)15(20)18-13-7-10-16-11-8-13;;/h7-8,10-12,14,17,19H,2-6,9H2,1H3,(H,16,18,20);2*1H/t12-,14+;;. The van der Waals surface area contributed by atoms with Crippen LogP contribution in [0, 0.1) is 5.92 Å². The van der Waals surface area contributed by atoms with E-state index in [9.17, 15) is 4.79 Å². The fourth-order valence-electron chi connectivity index (χ4n) is 2.52. The van der Waals surface area contributed by atoms with Gasteiger partial charge in [-0.2, -0.15) is 0 Å². The number of anilines is 1. The molecule has 1 aliphatic carbocycles. The third kappa shape index (κ3) is 6.92. The van der Waals surface area contributed by atoms with Crippen molar-refractivity contribution < 1.29 is 4.79 Å². The molecule has 5 nitrogen and oxygen atoms in total. The number of hydrazine groups is 1. The molecule has 0 saturated heterocycles. The van der Waals surface area contributed by atoms with E-state index in [1.54, 1.807) is 12.4 Å². The second kappa shape index (κ2) is 11.7. The molecule has 1 amide bonds. The van der Waals surface area contributed by atoms with Gasteiger partial charge in [-0.15, -0.1) is 24.8 Å². The Balaban J connectivity index is 0.00000220. The fraction of sp³-hybridized carbons (Fsp3) is 0.600. The van der Waals surface area contributed by atoms with Crippen molar-refractivity contribution in [3.8, 4) is 0 Å². The minimum Gasteiger partial charge on any atom is -0.326 e. The zero-order valence-corrected chi connectivity index (χ0v) is 14.5. The van der Waals surface area contributed by atoms with Crippen molar-refractivity contribution in [2.75, 3.05) is 11.9 Å². The van der Waals surface area contributed by atoms with Gasteiger partial charge < -0.3 is 5.32 Å². The molecule has 7 heteroatoms. The highest BCUT2D eigenvalue weighted by Crippen LogP contribution is 2.25. The summed E-state index contributed by atoms with van der Waals surface area (Å²) in [7, 11) is 0. The number of hydrogen-bond acceptors (Lipinski definition) is 4. The van der Waals surface area contributed by atoms with Gasteiger partial charge in [-0.25, -0.2) is 0 Å². The molecule has 2 rings (SSSR count). The summed E-state index contributed by atoms with van der Waals surface area (Å²) in [6.45, 7) is 3.14. The summed E-state index contributed by atoms with van der Waals surface area (Å²) < 4.78 is 0. The zero-order chi connectivity index (χ0) is 14.2. The van der Waals surface area contributed by atoms with E-state index in [1.807, 2.05) is 12.1 Å². The van der Waals surface area contributed by atoms with Crippen LogP contribution >= 0.6 is 24.8 Å². The third-order valence-corrected chi connectivity index (χ3v) is 3.73.